The predicted octanol–water partition coefficient (Wildman–Crippen LogP) is 3.86. The van der Waals surface area contributed by atoms with E-state index in [0.29, 0.717) is 5.56 Å². The van der Waals surface area contributed by atoms with Crippen LogP contribution in [0.25, 0.3) is 0 Å². The number of aryl methyl sites for hydroxylation is 1. The molecule has 2 aromatic rings. The van der Waals surface area contributed by atoms with Crippen molar-refractivity contribution >= 4 is 15.7 Å². The predicted molar refractivity (Wildman–Crippen MR) is 84.1 cm³/mol. The third-order valence-corrected chi connectivity index (χ3v) is 4.39. The van der Waals surface area contributed by atoms with Crippen molar-refractivity contribution in [2.75, 3.05) is 4.72 Å². The van der Waals surface area contributed by atoms with Crippen molar-refractivity contribution in [3.63, 3.8) is 0 Å². The highest BCUT2D eigenvalue weighted by molar-refractivity contribution is 7.92. The molecule has 0 aromatic heterocycles. The van der Waals surface area contributed by atoms with Gasteiger partial charge < -0.3 is 4.74 Å². The monoisotopic (exact) mass is 341 g/mol. The molecule has 0 fully saturated rings. The van der Waals surface area contributed by atoms with Gasteiger partial charge in [0.25, 0.3) is 10.0 Å². The smallest absolute Gasteiger partial charge is 0.265 e. The Labute approximate surface area is 134 Å². The minimum Gasteiger partial charge on any atom is -0.490 e. The van der Waals surface area contributed by atoms with E-state index in [1.807, 2.05) is 0 Å². The Morgan fingerprint density at radius 1 is 1.13 bits per heavy atom. The minimum atomic E-state index is -4.21. The van der Waals surface area contributed by atoms with Gasteiger partial charge >= 0.3 is 0 Å². The van der Waals surface area contributed by atoms with Crippen LogP contribution in [0.1, 0.15) is 19.4 Å². The SMILES string of the molecule is Cc1cccc(F)c1NS(=O)(=O)c1cc(F)ccc1OC(C)C. The molecule has 0 aliphatic carbocycles. The lowest BCUT2D eigenvalue weighted by Gasteiger charge is -2.16. The van der Waals surface area contributed by atoms with Crippen molar-refractivity contribution in [3.05, 3.63) is 53.6 Å². The van der Waals surface area contributed by atoms with Crippen LogP contribution < -0.4 is 9.46 Å². The van der Waals surface area contributed by atoms with Crippen LogP contribution in [0.15, 0.2) is 41.3 Å². The molecule has 0 radical (unpaired) electrons. The van der Waals surface area contributed by atoms with Crippen LogP contribution in [0.2, 0.25) is 0 Å². The molecule has 1 N–H and O–H groups in total. The number of benzene rings is 2. The Hall–Kier alpha value is -2.15. The van der Waals surface area contributed by atoms with Gasteiger partial charge in [-0.2, -0.15) is 0 Å². The molecule has 7 heteroatoms. The highest BCUT2D eigenvalue weighted by Crippen LogP contribution is 2.29. The summed E-state index contributed by atoms with van der Waals surface area (Å²) in [5, 5.41) is 0. The van der Waals surface area contributed by atoms with Crippen molar-refractivity contribution in [2.45, 2.75) is 31.8 Å². The molecular weight excluding hydrogens is 324 g/mol. The lowest BCUT2D eigenvalue weighted by molar-refractivity contribution is 0.235. The van der Waals surface area contributed by atoms with E-state index in [2.05, 4.69) is 4.72 Å². The van der Waals surface area contributed by atoms with Gasteiger partial charge in [-0.25, -0.2) is 17.2 Å². The topological polar surface area (TPSA) is 55.4 Å². The zero-order chi connectivity index (χ0) is 17.2. The van der Waals surface area contributed by atoms with Crippen molar-refractivity contribution in [1.29, 1.82) is 0 Å². The summed E-state index contributed by atoms with van der Waals surface area (Å²) < 4.78 is 60.0. The van der Waals surface area contributed by atoms with E-state index in [9.17, 15) is 17.2 Å². The first-order valence-electron chi connectivity index (χ1n) is 6.95. The number of nitrogens with one attached hydrogen (secondary N) is 1. The Kier molecular flexibility index (Phi) is 4.89. The van der Waals surface area contributed by atoms with Crippen molar-refractivity contribution in [2.24, 2.45) is 0 Å². The summed E-state index contributed by atoms with van der Waals surface area (Å²) in [5.41, 5.74) is 0.239. The molecule has 0 aliphatic heterocycles. The first-order valence-corrected chi connectivity index (χ1v) is 8.43. The third kappa shape index (κ3) is 3.98. The minimum absolute atomic E-state index is 0.00268. The zero-order valence-electron chi connectivity index (χ0n) is 12.9. The molecule has 0 aliphatic rings. The van der Waals surface area contributed by atoms with E-state index in [-0.39, 0.29) is 22.4 Å². The molecule has 0 saturated carbocycles. The van der Waals surface area contributed by atoms with Crippen LogP contribution >= 0.6 is 0 Å². The van der Waals surface area contributed by atoms with Gasteiger partial charge in [0.05, 0.1) is 11.8 Å². The Morgan fingerprint density at radius 2 is 1.83 bits per heavy atom. The fraction of sp³-hybridized carbons (Fsp3) is 0.250. The maximum Gasteiger partial charge on any atom is 0.265 e. The highest BCUT2D eigenvalue weighted by atomic mass is 32.2. The molecule has 124 valence electrons. The van der Waals surface area contributed by atoms with Gasteiger partial charge in [0, 0.05) is 0 Å². The van der Waals surface area contributed by atoms with E-state index in [1.54, 1.807) is 26.8 Å². The lowest BCUT2D eigenvalue weighted by atomic mass is 10.2. The van der Waals surface area contributed by atoms with Crippen LogP contribution in [0.3, 0.4) is 0 Å². The number of halogens is 2. The van der Waals surface area contributed by atoms with Crippen molar-refractivity contribution in [1.82, 2.24) is 0 Å². The molecule has 0 atom stereocenters. The molecule has 2 aromatic carbocycles. The van der Waals surface area contributed by atoms with Crippen LogP contribution in [-0.2, 0) is 10.0 Å². The summed E-state index contributed by atoms with van der Waals surface area (Å²) in [6.45, 7) is 5.00. The second-order valence-corrected chi connectivity index (χ2v) is 6.95. The van der Waals surface area contributed by atoms with Gasteiger partial charge in [-0.3, -0.25) is 4.72 Å². The number of sulfonamides is 1. The van der Waals surface area contributed by atoms with Crippen molar-refractivity contribution < 1.29 is 21.9 Å². The molecule has 0 spiro atoms. The standard InChI is InChI=1S/C16H17F2NO3S/c1-10(2)22-14-8-7-12(17)9-15(14)23(20,21)19-16-11(3)5-4-6-13(16)18/h4-10,19H,1-3H3. The number of ether oxygens (including phenoxy) is 1. The Morgan fingerprint density at radius 3 is 2.43 bits per heavy atom. The number of anilines is 1. The van der Waals surface area contributed by atoms with Crippen LogP contribution in [-0.4, -0.2) is 14.5 Å². The van der Waals surface area contributed by atoms with Gasteiger partial charge in [0.1, 0.15) is 22.3 Å². The largest absolute Gasteiger partial charge is 0.490 e. The average molecular weight is 341 g/mol. The third-order valence-electron chi connectivity index (χ3n) is 3.02. The van der Waals surface area contributed by atoms with Crippen molar-refractivity contribution in [3.8, 4) is 5.75 Å². The zero-order valence-corrected chi connectivity index (χ0v) is 13.7. The lowest BCUT2D eigenvalue weighted by Crippen LogP contribution is -2.17. The van der Waals surface area contributed by atoms with Crippen LogP contribution in [0.5, 0.6) is 5.75 Å². The molecule has 0 unspecified atom stereocenters. The Balaban J connectivity index is 2.49. The molecule has 0 bridgehead atoms. The molecule has 2 rings (SSSR count). The van der Waals surface area contributed by atoms with E-state index < -0.39 is 21.7 Å². The summed E-state index contributed by atoms with van der Waals surface area (Å²) in [5.74, 6) is -1.44. The van der Waals surface area contributed by atoms with Gasteiger partial charge in [0.2, 0.25) is 0 Å². The summed E-state index contributed by atoms with van der Waals surface area (Å²) >= 11 is 0. The summed E-state index contributed by atoms with van der Waals surface area (Å²) in [6.07, 6.45) is -0.301. The molecule has 4 nitrogen and oxygen atoms in total. The first kappa shape index (κ1) is 17.2. The average Bonchev–Trinajstić information content (AvgIpc) is 2.44. The van der Waals surface area contributed by atoms with Crippen LogP contribution in [0.4, 0.5) is 14.5 Å². The molecule has 23 heavy (non-hydrogen) atoms. The number of para-hydroxylation sites is 1. The summed E-state index contributed by atoms with van der Waals surface area (Å²) in [6, 6.07) is 7.36. The number of hydrogen-bond acceptors (Lipinski definition) is 3. The fourth-order valence-corrected chi connectivity index (χ4v) is 3.28. The number of rotatable bonds is 5. The van der Waals surface area contributed by atoms with E-state index in [0.717, 1.165) is 18.2 Å². The maximum absolute atomic E-state index is 13.9. The Bertz CT molecular complexity index is 800. The summed E-state index contributed by atoms with van der Waals surface area (Å²) in [7, 11) is -4.21. The van der Waals surface area contributed by atoms with Crippen LogP contribution in [0, 0.1) is 18.6 Å². The van der Waals surface area contributed by atoms with Gasteiger partial charge in [-0.1, -0.05) is 12.1 Å². The highest BCUT2D eigenvalue weighted by Gasteiger charge is 2.23. The van der Waals surface area contributed by atoms with Gasteiger partial charge in [-0.15, -0.1) is 0 Å². The number of hydrogen-bond donors (Lipinski definition) is 1. The van der Waals surface area contributed by atoms with Gasteiger partial charge in [0.15, 0.2) is 0 Å². The fourth-order valence-electron chi connectivity index (χ4n) is 1.99. The van der Waals surface area contributed by atoms with E-state index in [1.165, 1.54) is 12.1 Å². The van der Waals surface area contributed by atoms with E-state index in [4.69, 9.17) is 4.74 Å². The molecule has 0 amide bonds. The quantitative estimate of drug-likeness (QED) is 0.898. The normalized spacial score (nSPS) is 11.6. The molecule has 0 heterocycles. The molecule has 0 saturated heterocycles. The molecular formula is C16H17F2NO3S. The second kappa shape index (κ2) is 6.54. The second-order valence-electron chi connectivity index (χ2n) is 5.29. The first-order chi connectivity index (χ1) is 10.7. The summed E-state index contributed by atoms with van der Waals surface area (Å²) in [4.78, 5) is -0.381. The van der Waals surface area contributed by atoms with E-state index >= 15 is 0 Å². The van der Waals surface area contributed by atoms with Gasteiger partial charge in [-0.05, 0) is 50.6 Å². The maximum atomic E-state index is 13.9.